The van der Waals surface area contributed by atoms with Crippen LogP contribution in [0.5, 0.6) is 11.5 Å². The van der Waals surface area contributed by atoms with Gasteiger partial charge in [0, 0.05) is 33.6 Å². The molecule has 1 aliphatic carbocycles. The highest BCUT2D eigenvalue weighted by Crippen LogP contribution is 2.58. The molecule has 12 aromatic rings. The highest BCUT2D eigenvalue weighted by atomic mass is 16.5. The molecule has 12 aromatic carbocycles. The van der Waals surface area contributed by atoms with Gasteiger partial charge in [-0.05, 0) is 155 Å². The van der Waals surface area contributed by atoms with Crippen molar-refractivity contribution < 1.29 is 4.74 Å². The SMILES string of the molecule is CC1(C)c2ccccc2Oc2ccc(-c3ccc(N(c4ccc(-c5ccccc5)cc4)c4ccc(-c5ccc6c(c5)C(c5ccccc5)(c5ccccc5)c5cc(-c7cccc8ccccc78)ccc5-6)cc4)cc3)cc21. The molecule has 0 spiro atoms. The number of fused-ring (bicyclic) bond motifs is 6. The van der Waals surface area contributed by atoms with Crippen LogP contribution in [-0.4, -0.2) is 0 Å². The molecule has 0 saturated carbocycles. The number of ether oxygens (including phenoxy) is 1. The highest BCUT2D eigenvalue weighted by molar-refractivity contribution is 5.98. The maximum atomic E-state index is 6.43. The Morgan fingerprint density at radius 2 is 0.711 bits per heavy atom. The molecule has 0 N–H and O–H groups in total. The first kappa shape index (κ1) is 45.1. The average molecular weight is 972 g/mol. The Hall–Kier alpha value is -9.50. The van der Waals surface area contributed by atoms with E-state index in [2.05, 4.69) is 298 Å². The molecule has 0 aromatic heterocycles. The zero-order valence-electron chi connectivity index (χ0n) is 42.5. The zero-order valence-corrected chi connectivity index (χ0v) is 42.5. The summed E-state index contributed by atoms with van der Waals surface area (Å²) in [6, 6.07) is 105. The smallest absolute Gasteiger partial charge is 0.131 e. The predicted molar refractivity (Wildman–Crippen MR) is 316 cm³/mol. The van der Waals surface area contributed by atoms with Gasteiger partial charge in [-0.2, -0.15) is 0 Å². The molecule has 0 saturated heterocycles. The van der Waals surface area contributed by atoms with Crippen molar-refractivity contribution in [3.63, 3.8) is 0 Å². The van der Waals surface area contributed by atoms with Crippen molar-refractivity contribution >= 4 is 27.8 Å². The average Bonchev–Trinajstić information content (AvgIpc) is 4.03. The number of hydrogen-bond acceptors (Lipinski definition) is 2. The van der Waals surface area contributed by atoms with Crippen LogP contribution in [0, 0.1) is 0 Å². The van der Waals surface area contributed by atoms with Crippen LogP contribution in [0.2, 0.25) is 0 Å². The van der Waals surface area contributed by atoms with E-state index in [9.17, 15) is 0 Å². The summed E-state index contributed by atoms with van der Waals surface area (Å²) >= 11 is 0. The number of anilines is 3. The van der Waals surface area contributed by atoms with Crippen molar-refractivity contribution in [2.24, 2.45) is 0 Å². The zero-order chi connectivity index (χ0) is 50.8. The third-order valence-corrected chi connectivity index (χ3v) is 16.2. The maximum absolute atomic E-state index is 6.43. The number of para-hydroxylation sites is 1. The summed E-state index contributed by atoms with van der Waals surface area (Å²) in [6.07, 6.45) is 0. The molecule has 1 aliphatic heterocycles. The van der Waals surface area contributed by atoms with E-state index in [-0.39, 0.29) is 5.41 Å². The van der Waals surface area contributed by atoms with Gasteiger partial charge in [0.1, 0.15) is 11.5 Å². The molecule has 2 aliphatic rings. The van der Waals surface area contributed by atoms with Gasteiger partial charge in [0.2, 0.25) is 0 Å². The fourth-order valence-corrected chi connectivity index (χ4v) is 12.4. The summed E-state index contributed by atoms with van der Waals surface area (Å²) in [5.41, 5.74) is 22.0. The first-order chi connectivity index (χ1) is 37.4. The van der Waals surface area contributed by atoms with Crippen molar-refractivity contribution in [3.8, 4) is 67.1 Å². The van der Waals surface area contributed by atoms with Gasteiger partial charge in [0.05, 0.1) is 5.41 Å². The van der Waals surface area contributed by atoms with Gasteiger partial charge in [-0.1, -0.05) is 232 Å². The third-order valence-electron chi connectivity index (χ3n) is 16.2. The maximum Gasteiger partial charge on any atom is 0.131 e. The summed E-state index contributed by atoms with van der Waals surface area (Å²) in [4.78, 5) is 2.37. The van der Waals surface area contributed by atoms with E-state index >= 15 is 0 Å². The molecule has 0 fully saturated rings. The minimum atomic E-state index is -0.562. The number of rotatable bonds is 9. The van der Waals surface area contributed by atoms with Gasteiger partial charge >= 0.3 is 0 Å². The van der Waals surface area contributed by atoms with Gasteiger partial charge in [-0.25, -0.2) is 0 Å². The Balaban J connectivity index is 0.859. The van der Waals surface area contributed by atoms with Crippen molar-refractivity contribution in [1.29, 1.82) is 0 Å². The van der Waals surface area contributed by atoms with Gasteiger partial charge in [0.15, 0.2) is 0 Å². The first-order valence-corrected chi connectivity index (χ1v) is 26.4. The summed E-state index contributed by atoms with van der Waals surface area (Å²) in [6.45, 7) is 4.59. The molecule has 2 nitrogen and oxygen atoms in total. The molecule has 14 rings (SSSR count). The molecule has 0 unspecified atom stereocenters. The minimum absolute atomic E-state index is 0.199. The molecule has 2 heteroatoms. The second kappa shape index (κ2) is 18.2. The van der Waals surface area contributed by atoms with E-state index in [1.165, 1.54) is 83.1 Å². The van der Waals surface area contributed by atoms with Crippen molar-refractivity contribution in [1.82, 2.24) is 0 Å². The Kier molecular flexibility index (Phi) is 10.8. The fourth-order valence-electron chi connectivity index (χ4n) is 12.4. The predicted octanol–water partition coefficient (Wildman–Crippen LogP) is 19.8. The molecule has 0 radical (unpaired) electrons. The monoisotopic (exact) mass is 971 g/mol. The van der Waals surface area contributed by atoms with Crippen LogP contribution >= 0.6 is 0 Å². The van der Waals surface area contributed by atoms with Crippen LogP contribution in [0.3, 0.4) is 0 Å². The van der Waals surface area contributed by atoms with E-state index < -0.39 is 5.41 Å². The Morgan fingerprint density at radius 3 is 1.32 bits per heavy atom. The number of benzene rings is 12. The molecule has 0 bridgehead atoms. The van der Waals surface area contributed by atoms with Gasteiger partial charge < -0.3 is 9.64 Å². The lowest BCUT2D eigenvalue weighted by atomic mass is 9.67. The normalized spacial score (nSPS) is 13.4. The molecule has 1 heterocycles. The van der Waals surface area contributed by atoms with Crippen LogP contribution in [0.1, 0.15) is 47.2 Å². The Morgan fingerprint density at radius 1 is 0.289 bits per heavy atom. The van der Waals surface area contributed by atoms with Gasteiger partial charge in [-0.15, -0.1) is 0 Å². The van der Waals surface area contributed by atoms with Crippen LogP contribution in [0.25, 0.3) is 66.4 Å². The lowest BCUT2D eigenvalue weighted by Gasteiger charge is -2.34. The molecule has 0 atom stereocenters. The van der Waals surface area contributed by atoms with Crippen LogP contribution in [0.4, 0.5) is 17.1 Å². The molecule has 360 valence electrons. The fraction of sp³-hybridized carbons (Fsp3) is 0.0541. The molecular formula is C74H53NO. The summed E-state index contributed by atoms with van der Waals surface area (Å²) in [5, 5.41) is 2.50. The van der Waals surface area contributed by atoms with E-state index in [0.717, 1.165) is 45.3 Å². The number of hydrogen-bond donors (Lipinski definition) is 0. The summed E-state index contributed by atoms with van der Waals surface area (Å²) < 4.78 is 6.43. The Bertz CT molecular complexity index is 4080. The van der Waals surface area contributed by atoms with Crippen molar-refractivity contribution in [2.75, 3.05) is 4.90 Å². The van der Waals surface area contributed by atoms with E-state index in [0.29, 0.717) is 0 Å². The van der Waals surface area contributed by atoms with E-state index in [1.54, 1.807) is 0 Å². The van der Waals surface area contributed by atoms with E-state index in [4.69, 9.17) is 4.74 Å². The van der Waals surface area contributed by atoms with Gasteiger partial charge in [0.25, 0.3) is 0 Å². The van der Waals surface area contributed by atoms with E-state index in [1.807, 2.05) is 6.07 Å². The van der Waals surface area contributed by atoms with Crippen molar-refractivity contribution in [3.05, 3.63) is 318 Å². The van der Waals surface area contributed by atoms with Crippen molar-refractivity contribution in [2.45, 2.75) is 24.7 Å². The third kappa shape index (κ3) is 7.40. The minimum Gasteiger partial charge on any atom is -0.457 e. The van der Waals surface area contributed by atoms with Crippen LogP contribution in [-0.2, 0) is 10.8 Å². The first-order valence-electron chi connectivity index (χ1n) is 26.4. The molecule has 76 heavy (non-hydrogen) atoms. The highest BCUT2D eigenvalue weighted by Gasteiger charge is 2.46. The standard InChI is InChI=1S/C74H53NO/c1-73(2)67-27-14-15-28-71(67)76-72-46-37-56(48-70(72)73)53-33-42-62(43-34-53)75(60-38-29-51(30-39-60)50-17-6-3-7-18-50)61-40-31-52(32-41-61)55-35-44-65-66-45-36-57(64-26-16-20-54-19-12-13-25-63(54)64)49-69(66)74(68(65)47-55,58-21-8-4-9-22-58)59-23-10-5-11-24-59/h3-49H,1-2H3. The molecular weight excluding hydrogens is 919 g/mol. The lowest BCUT2D eigenvalue weighted by molar-refractivity contribution is 0.418. The quantitative estimate of drug-likeness (QED) is 0.143. The second-order valence-electron chi connectivity index (χ2n) is 20.8. The second-order valence-corrected chi connectivity index (χ2v) is 20.8. The summed E-state index contributed by atoms with van der Waals surface area (Å²) in [5.74, 6) is 1.85. The lowest BCUT2D eigenvalue weighted by Crippen LogP contribution is -2.28. The van der Waals surface area contributed by atoms with Gasteiger partial charge in [-0.3, -0.25) is 0 Å². The number of nitrogens with zero attached hydrogens (tertiary/aromatic N) is 1. The Labute approximate surface area is 445 Å². The van der Waals surface area contributed by atoms with Crippen LogP contribution in [0.15, 0.2) is 285 Å². The van der Waals surface area contributed by atoms with Crippen LogP contribution < -0.4 is 9.64 Å². The molecule has 0 amide bonds. The largest absolute Gasteiger partial charge is 0.457 e. The summed E-state index contributed by atoms with van der Waals surface area (Å²) in [7, 11) is 0. The topological polar surface area (TPSA) is 12.5 Å².